The Hall–Kier alpha value is -3.01. The van der Waals surface area contributed by atoms with Gasteiger partial charge in [-0.25, -0.2) is 23.3 Å². The normalized spacial score (nSPS) is 11.4. The number of hydrogen-bond donors (Lipinski definition) is 2. The molecule has 0 unspecified atom stereocenters. The summed E-state index contributed by atoms with van der Waals surface area (Å²) in [5, 5.41) is 19.6. The van der Waals surface area contributed by atoms with E-state index in [1.807, 2.05) is 36.4 Å². The lowest BCUT2D eigenvalue weighted by atomic mass is 10.1. The van der Waals surface area contributed by atoms with Crippen LogP contribution in [0.25, 0.3) is 16.9 Å². The summed E-state index contributed by atoms with van der Waals surface area (Å²) < 4.78 is 24.7. The first-order valence-electron chi connectivity index (χ1n) is 8.99. The third kappa shape index (κ3) is 5.08. The van der Waals surface area contributed by atoms with Crippen LogP contribution in [0, 0.1) is 0 Å². The van der Waals surface area contributed by atoms with Gasteiger partial charge in [-0.15, -0.1) is 0 Å². The first-order valence-corrected chi connectivity index (χ1v) is 10.5. The molecule has 1 heterocycles. The Morgan fingerprint density at radius 3 is 2.38 bits per heavy atom. The Morgan fingerprint density at radius 2 is 1.79 bits per heavy atom. The predicted octanol–water partition coefficient (Wildman–Crippen LogP) is 2.36. The summed E-state index contributed by atoms with van der Waals surface area (Å²) in [4.78, 5) is 11.6. The fourth-order valence-corrected chi connectivity index (χ4v) is 3.44. The number of aromatic nitrogens is 2. The lowest BCUT2D eigenvalue weighted by Crippen LogP contribution is -2.22. The van der Waals surface area contributed by atoms with Gasteiger partial charge in [-0.3, -0.25) is 10.0 Å². The Labute approximate surface area is 169 Å². The third-order valence-electron chi connectivity index (χ3n) is 4.42. The molecule has 152 valence electrons. The highest BCUT2D eigenvalue weighted by Gasteiger charge is 2.14. The second kappa shape index (κ2) is 8.56. The molecular formula is C20H22N4O4S. The van der Waals surface area contributed by atoms with Gasteiger partial charge in [0.2, 0.25) is 15.9 Å². The number of hydrogen-bond acceptors (Lipinski definition) is 5. The quantitative estimate of drug-likeness (QED) is 0.454. The van der Waals surface area contributed by atoms with Gasteiger partial charge in [-0.05, 0) is 43.2 Å². The van der Waals surface area contributed by atoms with E-state index < -0.39 is 10.0 Å². The van der Waals surface area contributed by atoms with Gasteiger partial charge < -0.3 is 0 Å². The Balaban J connectivity index is 1.92. The van der Waals surface area contributed by atoms with Crippen LogP contribution < -0.4 is 5.14 Å². The Kier molecular flexibility index (Phi) is 6.12. The molecule has 0 saturated carbocycles. The van der Waals surface area contributed by atoms with Crippen LogP contribution in [0.1, 0.15) is 18.5 Å². The molecule has 0 atom stereocenters. The van der Waals surface area contributed by atoms with E-state index in [4.69, 9.17) is 10.3 Å². The van der Waals surface area contributed by atoms with Crippen molar-refractivity contribution in [2.45, 2.75) is 24.2 Å². The largest absolute Gasteiger partial charge is 0.286 e. The van der Waals surface area contributed by atoms with Gasteiger partial charge in [-0.1, -0.05) is 30.3 Å². The molecular weight excluding hydrogens is 392 g/mol. The van der Waals surface area contributed by atoms with E-state index in [2.05, 4.69) is 5.10 Å². The highest BCUT2D eigenvalue weighted by atomic mass is 32.2. The lowest BCUT2D eigenvalue weighted by molar-refractivity contribution is -0.159. The van der Waals surface area contributed by atoms with Crippen molar-refractivity contribution in [2.75, 3.05) is 7.05 Å². The van der Waals surface area contributed by atoms with Crippen molar-refractivity contribution in [2.24, 2.45) is 5.14 Å². The lowest BCUT2D eigenvalue weighted by Gasteiger charge is -2.08. The number of nitrogens with two attached hydrogens (primary N) is 1. The van der Waals surface area contributed by atoms with E-state index in [0.29, 0.717) is 23.6 Å². The molecule has 9 heteroatoms. The van der Waals surface area contributed by atoms with Crippen molar-refractivity contribution < 1.29 is 18.4 Å². The number of aryl methyl sites for hydroxylation is 1. The molecule has 0 fully saturated rings. The average Bonchev–Trinajstić information content (AvgIpc) is 3.12. The molecule has 0 saturated heterocycles. The first-order chi connectivity index (χ1) is 13.8. The summed E-state index contributed by atoms with van der Waals surface area (Å²) in [6.07, 6.45) is 1.31. The number of amides is 1. The van der Waals surface area contributed by atoms with E-state index >= 15 is 0 Å². The van der Waals surface area contributed by atoms with Crippen LogP contribution in [-0.4, -0.2) is 41.4 Å². The van der Waals surface area contributed by atoms with Gasteiger partial charge >= 0.3 is 0 Å². The molecule has 0 aliphatic heterocycles. The summed E-state index contributed by atoms with van der Waals surface area (Å²) in [7, 11) is -2.47. The van der Waals surface area contributed by atoms with Crippen LogP contribution >= 0.6 is 0 Å². The van der Waals surface area contributed by atoms with Crippen LogP contribution in [0.5, 0.6) is 0 Å². The van der Waals surface area contributed by atoms with Crippen molar-refractivity contribution in [3.63, 3.8) is 0 Å². The summed E-state index contributed by atoms with van der Waals surface area (Å²) in [6.45, 7) is 0. The van der Waals surface area contributed by atoms with Crippen LogP contribution in [0.4, 0.5) is 0 Å². The topological polar surface area (TPSA) is 119 Å². The second-order valence-electron chi connectivity index (χ2n) is 6.61. The molecule has 0 aliphatic rings. The highest BCUT2D eigenvalue weighted by Crippen LogP contribution is 2.25. The zero-order chi connectivity index (χ0) is 21.0. The van der Waals surface area contributed by atoms with Crippen molar-refractivity contribution in [1.29, 1.82) is 0 Å². The minimum atomic E-state index is -3.77. The second-order valence-corrected chi connectivity index (χ2v) is 8.17. The third-order valence-corrected chi connectivity index (χ3v) is 5.35. The van der Waals surface area contributed by atoms with Crippen molar-refractivity contribution in [3.05, 3.63) is 66.4 Å². The zero-order valence-corrected chi connectivity index (χ0v) is 16.7. The number of nitrogens with zero attached hydrogens (tertiary/aromatic N) is 3. The van der Waals surface area contributed by atoms with Crippen LogP contribution in [0.15, 0.2) is 65.6 Å². The van der Waals surface area contributed by atoms with Gasteiger partial charge in [0.1, 0.15) is 0 Å². The van der Waals surface area contributed by atoms with E-state index in [1.165, 1.54) is 19.2 Å². The zero-order valence-electron chi connectivity index (χ0n) is 15.9. The van der Waals surface area contributed by atoms with Crippen molar-refractivity contribution in [1.82, 2.24) is 14.8 Å². The molecule has 2 aromatic carbocycles. The number of sulfonamides is 1. The predicted molar refractivity (Wildman–Crippen MR) is 108 cm³/mol. The molecule has 1 aromatic heterocycles. The molecule has 0 radical (unpaired) electrons. The Bertz CT molecular complexity index is 1090. The SMILES string of the molecule is CN(O)C(=O)CCCc1cc(-c2ccccc2)n(-c2ccc(S(N)(=O)=O)cc2)n1. The molecule has 3 rings (SSSR count). The van der Waals surface area contributed by atoms with Crippen molar-refractivity contribution >= 4 is 15.9 Å². The van der Waals surface area contributed by atoms with Crippen molar-refractivity contribution in [3.8, 4) is 16.9 Å². The minimum Gasteiger partial charge on any atom is -0.286 e. The van der Waals surface area contributed by atoms with Gasteiger partial charge in [0, 0.05) is 19.0 Å². The molecule has 0 aliphatic carbocycles. The number of carbonyl (C=O) groups excluding carboxylic acids is 1. The number of carbonyl (C=O) groups is 1. The van der Waals surface area contributed by atoms with Crippen LogP contribution in [0.3, 0.4) is 0 Å². The highest BCUT2D eigenvalue weighted by molar-refractivity contribution is 7.89. The average molecular weight is 414 g/mol. The van der Waals surface area contributed by atoms with Gasteiger partial charge in [0.15, 0.2) is 0 Å². The summed E-state index contributed by atoms with van der Waals surface area (Å²) in [5.74, 6) is -0.355. The van der Waals surface area contributed by atoms with E-state index in [1.54, 1.807) is 16.8 Å². The maximum absolute atomic E-state index is 11.6. The molecule has 0 bridgehead atoms. The minimum absolute atomic E-state index is 0.0292. The first kappa shape index (κ1) is 20.7. The van der Waals surface area contributed by atoms with Gasteiger partial charge in [0.25, 0.3) is 0 Å². The molecule has 3 aromatic rings. The maximum atomic E-state index is 11.6. The molecule has 8 nitrogen and oxygen atoms in total. The van der Waals surface area contributed by atoms with Gasteiger partial charge in [0.05, 0.1) is 22.0 Å². The maximum Gasteiger partial charge on any atom is 0.245 e. The fourth-order valence-electron chi connectivity index (χ4n) is 2.92. The smallest absolute Gasteiger partial charge is 0.245 e. The van der Waals surface area contributed by atoms with Crippen LogP contribution in [0.2, 0.25) is 0 Å². The molecule has 1 amide bonds. The Morgan fingerprint density at radius 1 is 1.14 bits per heavy atom. The molecule has 29 heavy (non-hydrogen) atoms. The van der Waals surface area contributed by atoms with Gasteiger partial charge in [-0.2, -0.15) is 5.10 Å². The summed E-state index contributed by atoms with van der Waals surface area (Å²) >= 11 is 0. The number of hydroxylamine groups is 2. The van der Waals surface area contributed by atoms with E-state index in [0.717, 1.165) is 17.0 Å². The fraction of sp³-hybridized carbons (Fsp3) is 0.200. The number of primary sulfonamides is 1. The number of benzene rings is 2. The van der Waals surface area contributed by atoms with E-state index in [9.17, 15) is 13.2 Å². The summed E-state index contributed by atoms with van der Waals surface area (Å²) in [6, 6.07) is 17.8. The molecule has 3 N–H and O–H groups in total. The molecule has 0 spiro atoms. The standard InChI is InChI=1S/C20H22N4O4S/c1-23(26)20(25)9-5-8-16-14-19(15-6-3-2-4-7-15)24(22-16)17-10-12-18(13-11-17)29(21,27)28/h2-4,6-7,10-14,26H,5,8-9H2,1H3,(H2,21,27,28). The monoisotopic (exact) mass is 414 g/mol. The van der Waals surface area contributed by atoms with E-state index in [-0.39, 0.29) is 17.2 Å². The van der Waals surface area contributed by atoms with Crippen LogP contribution in [-0.2, 0) is 21.2 Å². The number of rotatable bonds is 7. The summed E-state index contributed by atoms with van der Waals surface area (Å²) in [5.41, 5.74) is 3.27.